The van der Waals surface area contributed by atoms with Crippen LogP contribution in [-0.2, 0) is 6.61 Å². The van der Waals surface area contributed by atoms with Crippen molar-refractivity contribution in [1.29, 1.82) is 0 Å². The molecule has 1 N–H and O–H groups in total. The summed E-state index contributed by atoms with van der Waals surface area (Å²) in [4.78, 5) is 11.8. The molecule has 0 radical (unpaired) electrons. The minimum absolute atomic E-state index is 0.000324. The average molecular weight is 196 g/mol. The second-order valence-electron chi connectivity index (χ2n) is 3.12. The van der Waals surface area contributed by atoms with Gasteiger partial charge in [0.2, 0.25) is 0 Å². The molecule has 0 bridgehead atoms. The van der Waals surface area contributed by atoms with Crippen LogP contribution < -0.4 is 4.90 Å². The minimum Gasteiger partial charge on any atom is -0.392 e. The molecule has 0 heterocycles. The van der Waals surface area contributed by atoms with Gasteiger partial charge in [0.05, 0.1) is 11.5 Å². The Morgan fingerprint density at radius 1 is 1.50 bits per heavy atom. The highest BCUT2D eigenvalue weighted by molar-refractivity contribution is 5.56. The molecule has 0 amide bonds. The van der Waals surface area contributed by atoms with Gasteiger partial charge in [-0.2, -0.15) is 0 Å². The molecule has 0 atom stereocenters. The number of nitrogens with zero attached hydrogens (tertiary/aromatic N) is 2. The van der Waals surface area contributed by atoms with Crippen molar-refractivity contribution in [2.24, 2.45) is 0 Å². The second kappa shape index (κ2) is 4.06. The molecule has 1 aromatic carbocycles. The third-order valence-corrected chi connectivity index (χ3v) is 1.93. The first kappa shape index (κ1) is 10.5. The van der Waals surface area contributed by atoms with Crippen LogP contribution in [0.25, 0.3) is 0 Å². The zero-order valence-corrected chi connectivity index (χ0v) is 8.10. The average Bonchev–Trinajstić information content (AvgIpc) is 2.16. The predicted octanol–water partition coefficient (Wildman–Crippen LogP) is 1.15. The fourth-order valence-electron chi connectivity index (χ4n) is 1.25. The summed E-state index contributed by atoms with van der Waals surface area (Å²) in [5.41, 5.74) is 1.35. The minimum atomic E-state index is -0.474. The van der Waals surface area contributed by atoms with E-state index in [0.717, 1.165) is 5.69 Å². The summed E-state index contributed by atoms with van der Waals surface area (Å²) in [6.45, 7) is -0.199. The Morgan fingerprint density at radius 2 is 2.14 bits per heavy atom. The van der Waals surface area contributed by atoms with Crippen LogP contribution in [0.4, 0.5) is 11.4 Å². The van der Waals surface area contributed by atoms with E-state index < -0.39 is 4.92 Å². The molecule has 1 aromatic rings. The maximum absolute atomic E-state index is 10.5. The molecule has 14 heavy (non-hydrogen) atoms. The number of aliphatic hydroxyl groups is 1. The fraction of sp³-hybridized carbons (Fsp3) is 0.333. The predicted molar refractivity (Wildman–Crippen MR) is 53.3 cm³/mol. The Hall–Kier alpha value is -1.62. The van der Waals surface area contributed by atoms with Crippen molar-refractivity contribution in [1.82, 2.24) is 0 Å². The van der Waals surface area contributed by atoms with Gasteiger partial charge in [-0.05, 0) is 6.07 Å². The molecule has 0 saturated heterocycles. The van der Waals surface area contributed by atoms with Gasteiger partial charge in [0.25, 0.3) is 5.69 Å². The highest BCUT2D eigenvalue weighted by atomic mass is 16.6. The van der Waals surface area contributed by atoms with E-state index in [-0.39, 0.29) is 12.3 Å². The van der Waals surface area contributed by atoms with Crippen LogP contribution in [-0.4, -0.2) is 24.1 Å². The van der Waals surface area contributed by atoms with Crippen molar-refractivity contribution >= 4 is 11.4 Å². The highest BCUT2D eigenvalue weighted by Gasteiger charge is 2.10. The van der Waals surface area contributed by atoms with Crippen LogP contribution >= 0.6 is 0 Å². The van der Waals surface area contributed by atoms with Gasteiger partial charge in [0.1, 0.15) is 0 Å². The zero-order valence-electron chi connectivity index (χ0n) is 8.10. The molecule has 5 heteroatoms. The quantitative estimate of drug-likeness (QED) is 0.581. The molecule has 0 aliphatic carbocycles. The Bertz CT molecular complexity index is 350. The monoisotopic (exact) mass is 196 g/mol. The lowest BCUT2D eigenvalue weighted by Gasteiger charge is -2.15. The summed E-state index contributed by atoms with van der Waals surface area (Å²) in [7, 11) is 3.64. The van der Waals surface area contributed by atoms with Crippen molar-refractivity contribution in [3.05, 3.63) is 33.9 Å². The van der Waals surface area contributed by atoms with E-state index in [0.29, 0.717) is 5.56 Å². The first-order valence-electron chi connectivity index (χ1n) is 4.11. The first-order chi connectivity index (χ1) is 6.56. The van der Waals surface area contributed by atoms with Gasteiger partial charge in [0, 0.05) is 37.5 Å². The lowest BCUT2D eigenvalue weighted by Crippen LogP contribution is -2.11. The van der Waals surface area contributed by atoms with Gasteiger partial charge in [0.15, 0.2) is 0 Å². The molecule has 5 nitrogen and oxygen atoms in total. The number of hydrogen-bond donors (Lipinski definition) is 1. The lowest BCUT2D eigenvalue weighted by atomic mass is 10.1. The molecule has 1 rings (SSSR count). The summed E-state index contributed by atoms with van der Waals surface area (Å²) in [5.74, 6) is 0. The van der Waals surface area contributed by atoms with E-state index >= 15 is 0 Å². The van der Waals surface area contributed by atoms with Gasteiger partial charge in [-0.3, -0.25) is 10.1 Å². The fourth-order valence-corrected chi connectivity index (χ4v) is 1.25. The third kappa shape index (κ3) is 2.00. The standard InChI is InChI=1S/C9H12N2O3/c1-10(2)9-4-3-8(11(13)14)5-7(9)6-12/h3-5,12H,6H2,1-2H3. The van der Waals surface area contributed by atoms with E-state index in [1.54, 1.807) is 11.0 Å². The van der Waals surface area contributed by atoms with Gasteiger partial charge in [-0.25, -0.2) is 0 Å². The number of aliphatic hydroxyl groups excluding tert-OH is 1. The molecular weight excluding hydrogens is 184 g/mol. The lowest BCUT2D eigenvalue weighted by molar-refractivity contribution is -0.384. The molecule has 0 fully saturated rings. The Labute approximate surface area is 81.7 Å². The number of benzene rings is 1. The van der Waals surface area contributed by atoms with Gasteiger partial charge >= 0.3 is 0 Å². The number of non-ortho nitro benzene ring substituents is 1. The molecule has 0 saturated carbocycles. The molecule has 0 aromatic heterocycles. The van der Waals surface area contributed by atoms with Crippen LogP contribution in [0.3, 0.4) is 0 Å². The zero-order chi connectivity index (χ0) is 10.7. The summed E-state index contributed by atoms with van der Waals surface area (Å²) in [6, 6.07) is 4.44. The normalized spacial score (nSPS) is 9.93. The molecule has 0 spiro atoms. The van der Waals surface area contributed by atoms with Crippen LogP contribution in [0.15, 0.2) is 18.2 Å². The third-order valence-electron chi connectivity index (χ3n) is 1.93. The summed E-state index contributed by atoms with van der Waals surface area (Å²) in [5, 5.41) is 19.5. The highest BCUT2D eigenvalue weighted by Crippen LogP contribution is 2.23. The largest absolute Gasteiger partial charge is 0.392 e. The van der Waals surface area contributed by atoms with E-state index in [1.807, 2.05) is 14.1 Å². The Morgan fingerprint density at radius 3 is 2.57 bits per heavy atom. The molecule has 0 unspecified atom stereocenters. The maximum Gasteiger partial charge on any atom is 0.269 e. The smallest absolute Gasteiger partial charge is 0.269 e. The van der Waals surface area contributed by atoms with Crippen LogP contribution in [0.5, 0.6) is 0 Å². The van der Waals surface area contributed by atoms with Crippen molar-refractivity contribution < 1.29 is 10.0 Å². The van der Waals surface area contributed by atoms with E-state index in [9.17, 15) is 10.1 Å². The molecular formula is C9H12N2O3. The summed E-state index contributed by atoms with van der Waals surface area (Å²) < 4.78 is 0. The number of nitro benzene ring substituents is 1. The van der Waals surface area contributed by atoms with E-state index in [2.05, 4.69) is 0 Å². The van der Waals surface area contributed by atoms with Crippen LogP contribution in [0.1, 0.15) is 5.56 Å². The van der Waals surface area contributed by atoms with Crippen molar-refractivity contribution in [3.8, 4) is 0 Å². The van der Waals surface area contributed by atoms with Crippen molar-refractivity contribution in [2.45, 2.75) is 6.61 Å². The molecule has 0 aliphatic heterocycles. The number of hydrogen-bond acceptors (Lipinski definition) is 4. The van der Waals surface area contributed by atoms with E-state index in [1.165, 1.54) is 12.1 Å². The van der Waals surface area contributed by atoms with Crippen molar-refractivity contribution in [3.63, 3.8) is 0 Å². The number of anilines is 1. The topological polar surface area (TPSA) is 66.6 Å². The number of nitro groups is 1. The van der Waals surface area contributed by atoms with Gasteiger partial charge in [-0.15, -0.1) is 0 Å². The molecule has 0 aliphatic rings. The van der Waals surface area contributed by atoms with Crippen LogP contribution in [0, 0.1) is 10.1 Å². The SMILES string of the molecule is CN(C)c1ccc([N+](=O)[O-])cc1CO. The Kier molecular flexibility index (Phi) is 3.03. The second-order valence-corrected chi connectivity index (χ2v) is 3.12. The van der Waals surface area contributed by atoms with Gasteiger partial charge in [-0.1, -0.05) is 0 Å². The Balaban J connectivity index is 3.18. The summed E-state index contributed by atoms with van der Waals surface area (Å²) >= 11 is 0. The number of rotatable bonds is 3. The maximum atomic E-state index is 10.5. The first-order valence-corrected chi connectivity index (χ1v) is 4.11. The van der Waals surface area contributed by atoms with Gasteiger partial charge < -0.3 is 10.0 Å². The van der Waals surface area contributed by atoms with E-state index in [4.69, 9.17) is 5.11 Å². The van der Waals surface area contributed by atoms with Crippen LogP contribution in [0.2, 0.25) is 0 Å². The summed E-state index contributed by atoms with van der Waals surface area (Å²) in [6.07, 6.45) is 0. The van der Waals surface area contributed by atoms with Crippen molar-refractivity contribution in [2.75, 3.05) is 19.0 Å². The molecule has 76 valence electrons.